The lowest BCUT2D eigenvalue weighted by Gasteiger charge is -2.35. The summed E-state index contributed by atoms with van der Waals surface area (Å²) in [6.45, 7) is 7.21. The van der Waals surface area contributed by atoms with E-state index in [-0.39, 0.29) is 23.8 Å². The lowest BCUT2D eigenvalue weighted by molar-refractivity contribution is -0.162. The molecule has 120 valence electrons. The summed E-state index contributed by atoms with van der Waals surface area (Å²) in [6.07, 6.45) is 0.562. The molecule has 0 aromatic heterocycles. The molecule has 1 aliphatic carbocycles. The number of esters is 1. The van der Waals surface area contributed by atoms with Gasteiger partial charge >= 0.3 is 5.97 Å². The molecule has 0 bridgehead atoms. The third-order valence-electron chi connectivity index (χ3n) is 4.10. The Bertz CT molecular complexity index is 413. The number of ketones is 1. The van der Waals surface area contributed by atoms with Gasteiger partial charge in [-0.1, -0.05) is 34.1 Å². The highest BCUT2D eigenvalue weighted by molar-refractivity contribution is 6.01. The number of hydrogen-bond acceptors (Lipinski definition) is 5. The Morgan fingerprint density at radius 1 is 1.38 bits per heavy atom. The maximum absolute atomic E-state index is 12.3. The van der Waals surface area contributed by atoms with Gasteiger partial charge in [-0.05, 0) is 17.9 Å². The molecule has 0 aliphatic heterocycles. The van der Waals surface area contributed by atoms with Crippen LogP contribution in [0.3, 0.4) is 0 Å². The zero-order valence-electron chi connectivity index (χ0n) is 13.2. The number of hydrogen-bond donors (Lipinski definition) is 2. The summed E-state index contributed by atoms with van der Waals surface area (Å²) in [4.78, 5) is 24.2. The Kier molecular flexibility index (Phi) is 6.55. The molecule has 0 unspecified atom stereocenters. The van der Waals surface area contributed by atoms with E-state index < -0.39 is 36.5 Å². The number of carbonyl (C=O) groups is 2. The summed E-state index contributed by atoms with van der Waals surface area (Å²) in [5.74, 6) is -1.15. The van der Waals surface area contributed by atoms with E-state index in [1.165, 1.54) is 6.08 Å². The third kappa shape index (κ3) is 4.38. The minimum Gasteiger partial charge on any atom is -0.454 e. The van der Waals surface area contributed by atoms with E-state index in [2.05, 4.69) is 0 Å². The van der Waals surface area contributed by atoms with Crippen LogP contribution in [0.25, 0.3) is 0 Å². The van der Waals surface area contributed by atoms with Crippen LogP contribution in [-0.4, -0.2) is 40.8 Å². The van der Waals surface area contributed by atoms with E-state index in [4.69, 9.17) is 4.74 Å². The molecule has 0 saturated heterocycles. The zero-order valence-corrected chi connectivity index (χ0v) is 13.2. The SMILES string of the molecule is CC[C@H](C)CC(=O)O[C@H]1C(=O)C(CO)=C[C@@H](O)[C@H]1C(C)C. The summed E-state index contributed by atoms with van der Waals surface area (Å²) in [6, 6.07) is 0. The number of carbonyl (C=O) groups excluding carboxylic acids is 2. The smallest absolute Gasteiger partial charge is 0.306 e. The average molecular weight is 298 g/mol. The van der Waals surface area contributed by atoms with Crippen molar-refractivity contribution in [2.75, 3.05) is 6.61 Å². The topological polar surface area (TPSA) is 83.8 Å². The highest BCUT2D eigenvalue weighted by atomic mass is 16.5. The average Bonchev–Trinajstić information content (AvgIpc) is 2.41. The van der Waals surface area contributed by atoms with Crippen molar-refractivity contribution >= 4 is 11.8 Å². The molecule has 1 aliphatic rings. The van der Waals surface area contributed by atoms with Gasteiger partial charge in [0.1, 0.15) is 0 Å². The molecule has 21 heavy (non-hydrogen) atoms. The highest BCUT2D eigenvalue weighted by Gasteiger charge is 2.42. The van der Waals surface area contributed by atoms with E-state index in [1.807, 2.05) is 27.7 Å². The number of Topliss-reactive ketones (excluding diaryl/α,β-unsaturated/α-hetero) is 1. The summed E-state index contributed by atoms with van der Waals surface area (Å²) >= 11 is 0. The van der Waals surface area contributed by atoms with E-state index in [0.29, 0.717) is 0 Å². The molecule has 4 atom stereocenters. The fourth-order valence-corrected chi connectivity index (χ4v) is 2.56. The fourth-order valence-electron chi connectivity index (χ4n) is 2.56. The standard InChI is InChI=1S/C16H26O5/c1-5-10(4)6-13(19)21-16-14(9(2)3)12(18)7-11(8-17)15(16)20/h7,9-10,12,14,16-18H,5-6,8H2,1-4H3/t10-,12+,14+,16+/m0/s1. The predicted molar refractivity (Wildman–Crippen MR) is 78.5 cm³/mol. The molecule has 0 aromatic rings. The molecule has 0 saturated carbocycles. The first-order valence-electron chi connectivity index (χ1n) is 7.55. The first-order chi connectivity index (χ1) is 9.81. The number of aliphatic hydroxyl groups excluding tert-OH is 2. The van der Waals surface area contributed by atoms with Crippen molar-refractivity contribution in [1.29, 1.82) is 0 Å². The van der Waals surface area contributed by atoms with Gasteiger partial charge in [-0.3, -0.25) is 9.59 Å². The van der Waals surface area contributed by atoms with Crippen LogP contribution in [0, 0.1) is 17.8 Å². The van der Waals surface area contributed by atoms with E-state index in [9.17, 15) is 19.8 Å². The van der Waals surface area contributed by atoms with Crippen LogP contribution in [0.5, 0.6) is 0 Å². The van der Waals surface area contributed by atoms with Crippen molar-refractivity contribution in [3.8, 4) is 0 Å². The first kappa shape index (κ1) is 17.9. The van der Waals surface area contributed by atoms with Gasteiger partial charge in [0.05, 0.1) is 12.7 Å². The Balaban J connectivity index is 2.91. The maximum atomic E-state index is 12.3. The Labute approximate surface area is 126 Å². The Morgan fingerprint density at radius 3 is 2.48 bits per heavy atom. The van der Waals surface area contributed by atoms with Crippen molar-refractivity contribution in [1.82, 2.24) is 0 Å². The number of rotatable bonds is 6. The molecule has 0 fully saturated rings. The van der Waals surface area contributed by atoms with Gasteiger partial charge in [0.25, 0.3) is 0 Å². The number of aliphatic hydroxyl groups is 2. The lowest BCUT2D eigenvalue weighted by Crippen LogP contribution is -2.47. The largest absolute Gasteiger partial charge is 0.454 e. The molecule has 0 spiro atoms. The van der Waals surface area contributed by atoms with Crippen molar-refractivity contribution in [3.63, 3.8) is 0 Å². The molecule has 0 heterocycles. The van der Waals surface area contributed by atoms with Gasteiger partial charge in [0.15, 0.2) is 6.10 Å². The van der Waals surface area contributed by atoms with Crippen LogP contribution in [0.15, 0.2) is 11.6 Å². The second-order valence-corrected chi connectivity index (χ2v) is 6.15. The molecule has 2 N–H and O–H groups in total. The molecular formula is C16H26O5. The van der Waals surface area contributed by atoms with Crippen LogP contribution in [0.2, 0.25) is 0 Å². The van der Waals surface area contributed by atoms with Crippen molar-refractivity contribution in [3.05, 3.63) is 11.6 Å². The van der Waals surface area contributed by atoms with Gasteiger partial charge in [-0.15, -0.1) is 0 Å². The summed E-state index contributed by atoms with van der Waals surface area (Å²) < 4.78 is 5.35. The zero-order chi connectivity index (χ0) is 16.2. The van der Waals surface area contributed by atoms with Gasteiger partial charge in [-0.2, -0.15) is 0 Å². The van der Waals surface area contributed by atoms with Crippen LogP contribution in [-0.2, 0) is 14.3 Å². The van der Waals surface area contributed by atoms with Crippen molar-refractivity contribution in [2.24, 2.45) is 17.8 Å². The van der Waals surface area contributed by atoms with Crippen LogP contribution in [0.4, 0.5) is 0 Å². The predicted octanol–water partition coefficient (Wildman–Crippen LogP) is 1.47. The van der Waals surface area contributed by atoms with Gasteiger partial charge < -0.3 is 14.9 Å². The highest BCUT2D eigenvalue weighted by Crippen LogP contribution is 2.30. The van der Waals surface area contributed by atoms with Gasteiger partial charge in [0, 0.05) is 17.9 Å². The lowest BCUT2D eigenvalue weighted by atomic mass is 9.77. The molecular weight excluding hydrogens is 272 g/mol. The van der Waals surface area contributed by atoms with Crippen LogP contribution >= 0.6 is 0 Å². The van der Waals surface area contributed by atoms with E-state index in [0.717, 1.165) is 6.42 Å². The summed E-state index contributed by atoms with van der Waals surface area (Å²) in [7, 11) is 0. The first-order valence-corrected chi connectivity index (χ1v) is 7.55. The monoisotopic (exact) mass is 298 g/mol. The second-order valence-electron chi connectivity index (χ2n) is 6.15. The fraction of sp³-hybridized carbons (Fsp3) is 0.750. The minimum atomic E-state index is -1.01. The van der Waals surface area contributed by atoms with Crippen LogP contribution < -0.4 is 0 Å². The third-order valence-corrected chi connectivity index (χ3v) is 4.10. The molecule has 0 aromatic carbocycles. The molecule has 0 amide bonds. The van der Waals surface area contributed by atoms with Crippen LogP contribution in [0.1, 0.15) is 40.5 Å². The van der Waals surface area contributed by atoms with E-state index in [1.54, 1.807) is 0 Å². The minimum absolute atomic E-state index is 0.0261. The van der Waals surface area contributed by atoms with Crippen molar-refractivity contribution in [2.45, 2.75) is 52.7 Å². The second kappa shape index (κ2) is 7.71. The Hall–Kier alpha value is -1.20. The van der Waals surface area contributed by atoms with Gasteiger partial charge in [-0.25, -0.2) is 0 Å². The summed E-state index contributed by atoms with van der Waals surface area (Å²) in [5, 5.41) is 19.3. The molecule has 1 rings (SSSR count). The maximum Gasteiger partial charge on any atom is 0.306 e. The van der Waals surface area contributed by atoms with E-state index >= 15 is 0 Å². The molecule has 5 heteroatoms. The molecule has 5 nitrogen and oxygen atoms in total. The quantitative estimate of drug-likeness (QED) is 0.725. The normalized spacial score (nSPS) is 27.5. The Morgan fingerprint density at radius 2 is 2.00 bits per heavy atom. The summed E-state index contributed by atoms with van der Waals surface area (Å²) in [5.41, 5.74) is 0.112. The van der Waals surface area contributed by atoms with Gasteiger partial charge in [0.2, 0.25) is 5.78 Å². The molecule has 0 radical (unpaired) electrons. The van der Waals surface area contributed by atoms with Crippen molar-refractivity contribution < 1.29 is 24.5 Å². The number of ether oxygens (including phenoxy) is 1.